The van der Waals surface area contributed by atoms with Gasteiger partial charge >= 0.3 is 11.9 Å². The van der Waals surface area contributed by atoms with Gasteiger partial charge in [0.1, 0.15) is 6.10 Å². The molecule has 1 N–H and O–H groups in total. The van der Waals surface area contributed by atoms with Gasteiger partial charge in [-0.3, -0.25) is 0 Å². The summed E-state index contributed by atoms with van der Waals surface area (Å²) in [4.78, 5) is 23.4. The smallest absolute Gasteiger partial charge is 0.339 e. The molecule has 0 spiro atoms. The van der Waals surface area contributed by atoms with E-state index in [4.69, 9.17) is 9.84 Å². The highest BCUT2D eigenvalue weighted by atomic mass is 16.5. The molecule has 0 radical (unpaired) electrons. The highest BCUT2D eigenvalue weighted by Crippen LogP contribution is 2.23. The average molecular weight is 284 g/mol. The first kappa shape index (κ1) is 14.8. The Labute approximate surface area is 123 Å². The molecule has 0 heterocycles. The van der Waals surface area contributed by atoms with Crippen LogP contribution in [0.25, 0.3) is 0 Å². The average Bonchev–Trinajstić information content (AvgIpc) is 2.53. The molecule has 0 amide bonds. The van der Waals surface area contributed by atoms with Gasteiger partial charge in [0.25, 0.3) is 0 Å². The lowest BCUT2D eigenvalue weighted by atomic mass is 10.1. The van der Waals surface area contributed by atoms with E-state index >= 15 is 0 Å². The van der Waals surface area contributed by atoms with Crippen molar-refractivity contribution in [2.45, 2.75) is 19.4 Å². The molecule has 0 aliphatic heterocycles. The van der Waals surface area contributed by atoms with Crippen molar-refractivity contribution in [1.29, 1.82) is 0 Å². The summed E-state index contributed by atoms with van der Waals surface area (Å²) in [6.07, 6.45) is 0.228. The minimum atomic E-state index is -1.14. The van der Waals surface area contributed by atoms with Gasteiger partial charge in [0, 0.05) is 0 Å². The number of carboxylic acids is 1. The van der Waals surface area contributed by atoms with E-state index in [2.05, 4.69) is 0 Å². The van der Waals surface area contributed by atoms with Gasteiger partial charge in [-0.15, -0.1) is 0 Å². The Morgan fingerprint density at radius 3 is 2.14 bits per heavy atom. The monoisotopic (exact) mass is 284 g/mol. The SMILES string of the molecule is CCC(OC(=O)c1ccccc1C(=O)O)c1ccccc1. The zero-order valence-corrected chi connectivity index (χ0v) is 11.7. The summed E-state index contributed by atoms with van der Waals surface area (Å²) in [7, 11) is 0. The predicted octanol–water partition coefficient (Wildman–Crippen LogP) is 3.69. The van der Waals surface area contributed by atoms with E-state index in [9.17, 15) is 9.59 Å². The van der Waals surface area contributed by atoms with Gasteiger partial charge in [-0.1, -0.05) is 49.4 Å². The van der Waals surface area contributed by atoms with Crippen LogP contribution in [-0.4, -0.2) is 17.0 Å². The van der Waals surface area contributed by atoms with Crippen molar-refractivity contribution in [1.82, 2.24) is 0 Å². The third-order valence-corrected chi connectivity index (χ3v) is 3.17. The maximum absolute atomic E-state index is 12.2. The molecule has 2 rings (SSSR count). The number of aromatic carboxylic acids is 1. The van der Waals surface area contributed by atoms with Crippen molar-refractivity contribution in [2.75, 3.05) is 0 Å². The summed E-state index contributed by atoms with van der Waals surface area (Å²) in [5.74, 6) is -1.76. The normalized spacial score (nSPS) is 11.7. The Bertz CT molecular complexity index is 634. The number of esters is 1. The first-order chi connectivity index (χ1) is 10.1. The van der Waals surface area contributed by atoms with E-state index in [-0.39, 0.29) is 17.2 Å². The molecule has 0 aromatic heterocycles. The summed E-state index contributed by atoms with van der Waals surface area (Å²) in [5.41, 5.74) is 0.908. The first-order valence-electron chi connectivity index (χ1n) is 6.71. The molecular formula is C17H16O4. The van der Waals surface area contributed by atoms with Gasteiger partial charge < -0.3 is 9.84 Å². The Morgan fingerprint density at radius 2 is 1.57 bits per heavy atom. The Hall–Kier alpha value is -2.62. The fourth-order valence-corrected chi connectivity index (χ4v) is 2.10. The lowest BCUT2D eigenvalue weighted by Crippen LogP contribution is -2.14. The minimum absolute atomic E-state index is 0.0505. The van der Waals surface area contributed by atoms with Crippen molar-refractivity contribution < 1.29 is 19.4 Å². The molecule has 1 atom stereocenters. The summed E-state index contributed by atoms with van der Waals surface area (Å²) in [6.45, 7) is 1.91. The summed E-state index contributed by atoms with van der Waals surface area (Å²) < 4.78 is 5.46. The molecule has 4 nitrogen and oxygen atoms in total. The Kier molecular flexibility index (Phi) is 4.72. The van der Waals surface area contributed by atoms with Gasteiger partial charge in [-0.2, -0.15) is 0 Å². The number of carbonyl (C=O) groups is 2. The lowest BCUT2D eigenvalue weighted by molar-refractivity contribution is 0.0282. The molecule has 0 saturated heterocycles. The fraction of sp³-hybridized carbons (Fsp3) is 0.176. The summed E-state index contributed by atoms with van der Waals surface area (Å²) in [6, 6.07) is 15.4. The molecule has 0 aliphatic carbocycles. The van der Waals surface area contributed by atoms with Gasteiger partial charge in [0.2, 0.25) is 0 Å². The third-order valence-electron chi connectivity index (χ3n) is 3.17. The second kappa shape index (κ2) is 6.70. The molecular weight excluding hydrogens is 268 g/mol. The summed E-state index contributed by atoms with van der Waals surface area (Å²) in [5, 5.41) is 9.12. The maximum Gasteiger partial charge on any atom is 0.339 e. The zero-order valence-electron chi connectivity index (χ0n) is 11.7. The van der Waals surface area contributed by atoms with Crippen LogP contribution in [0.4, 0.5) is 0 Å². The molecule has 1 unspecified atom stereocenters. The van der Waals surface area contributed by atoms with Crippen LogP contribution in [0.15, 0.2) is 54.6 Å². The highest BCUT2D eigenvalue weighted by molar-refractivity contribution is 6.02. The molecule has 21 heavy (non-hydrogen) atoms. The fourth-order valence-electron chi connectivity index (χ4n) is 2.10. The third kappa shape index (κ3) is 3.48. The molecule has 0 saturated carbocycles. The van der Waals surface area contributed by atoms with Crippen LogP contribution in [0.5, 0.6) is 0 Å². The maximum atomic E-state index is 12.2. The number of ether oxygens (including phenoxy) is 1. The standard InChI is InChI=1S/C17H16O4/c1-2-15(12-8-4-3-5-9-12)21-17(20)14-11-7-6-10-13(14)16(18)19/h3-11,15H,2H2,1H3,(H,18,19). The Balaban J connectivity index is 2.23. The van der Waals surface area contributed by atoms with Gasteiger partial charge in [-0.05, 0) is 24.1 Å². The van der Waals surface area contributed by atoms with Gasteiger partial charge in [0.15, 0.2) is 0 Å². The number of carboxylic acid groups (broad SMARTS) is 1. The van der Waals surface area contributed by atoms with E-state index in [1.165, 1.54) is 12.1 Å². The van der Waals surface area contributed by atoms with Crippen LogP contribution in [0.3, 0.4) is 0 Å². The van der Waals surface area contributed by atoms with Crippen molar-refractivity contribution in [2.24, 2.45) is 0 Å². The van der Waals surface area contributed by atoms with Crippen LogP contribution in [0.2, 0.25) is 0 Å². The van der Waals surface area contributed by atoms with Crippen molar-refractivity contribution in [3.05, 3.63) is 71.3 Å². The van der Waals surface area contributed by atoms with E-state index in [1.54, 1.807) is 12.1 Å². The molecule has 2 aromatic carbocycles. The predicted molar refractivity (Wildman–Crippen MR) is 78.3 cm³/mol. The second-order valence-electron chi connectivity index (χ2n) is 4.56. The lowest BCUT2D eigenvalue weighted by Gasteiger charge is -2.17. The second-order valence-corrected chi connectivity index (χ2v) is 4.56. The van der Waals surface area contributed by atoms with Gasteiger partial charge in [0.05, 0.1) is 11.1 Å². The summed E-state index contributed by atoms with van der Waals surface area (Å²) >= 11 is 0. The van der Waals surface area contributed by atoms with Crippen LogP contribution in [0, 0.1) is 0 Å². The van der Waals surface area contributed by atoms with Crippen LogP contribution >= 0.6 is 0 Å². The van der Waals surface area contributed by atoms with Crippen molar-refractivity contribution in [3.63, 3.8) is 0 Å². The molecule has 2 aromatic rings. The van der Waals surface area contributed by atoms with Crippen LogP contribution < -0.4 is 0 Å². The first-order valence-corrected chi connectivity index (χ1v) is 6.71. The number of benzene rings is 2. The van der Waals surface area contributed by atoms with Crippen LogP contribution in [-0.2, 0) is 4.74 Å². The van der Waals surface area contributed by atoms with Crippen molar-refractivity contribution >= 4 is 11.9 Å². The van der Waals surface area contributed by atoms with E-state index in [1.807, 2.05) is 37.3 Å². The topological polar surface area (TPSA) is 63.6 Å². The Morgan fingerprint density at radius 1 is 1.00 bits per heavy atom. The molecule has 108 valence electrons. The number of hydrogen-bond acceptors (Lipinski definition) is 3. The number of rotatable bonds is 5. The largest absolute Gasteiger partial charge is 0.478 e. The number of hydrogen-bond donors (Lipinski definition) is 1. The molecule has 0 aliphatic rings. The molecule has 4 heteroatoms. The quantitative estimate of drug-likeness (QED) is 0.850. The molecule has 0 fully saturated rings. The van der Waals surface area contributed by atoms with E-state index in [0.717, 1.165) is 5.56 Å². The van der Waals surface area contributed by atoms with Gasteiger partial charge in [-0.25, -0.2) is 9.59 Å². The molecule has 0 bridgehead atoms. The minimum Gasteiger partial charge on any atom is -0.478 e. The van der Waals surface area contributed by atoms with Crippen molar-refractivity contribution in [3.8, 4) is 0 Å². The zero-order chi connectivity index (χ0) is 15.2. The number of carbonyl (C=O) groups excluding carboxylic acids is 1. The van der Waals surface area contributed by atoms with E-state index in [0.29, 0.717) is 6.42 Å². The van der Waals surface area contributed by atoms with E-state index < -0.39 is 11.9 Å². The highest BCUT2D eigenvalue weighted by Gasteiger charge is 2.20. The van der Waals surface area contributed by atoms with Crippen LogP contribution in [0.1, 0.15) is 45.7 Å².